The Kier molecular flexibility index (Phi) is 6.14. The van der Waals surface area contributed by atoms with Crippen LogP contribution in [-0.2, 0) is 16.7 Å². The highest BCUT2D eigenvalue weighted by atomic mass is 32.1. The molecule has 3 nitrogen and oxygen atoms in total. The predicted molar refractivity (Wildman–Crippen MR) is 130 cm³/mol. The molecule has 1 aromatic carbocycles. The van der Waals surface area contributed by atoms with Crippen molar-refractivity contribution in [2.45, 2.75) is 69.4 Å². The van der Waals surface area contributed by atoms with E-state index >= 15 is 0 Å². The van der Waals surface area contributed by atoms with Crippen molar-refractivity contribution in [1.82, 2.24) is 9.88 Å². The number of hydrogen-bond acceptors (Lipinski definition) is 4. The third-order valence-corrected chi connectivity index (χ3v) is 8.69. The Morgan fingerprint density at radius 3 is 2.71 bits per heavy atom. The molecule has 2 aromatic heterocycles. The number of fused-ring (bicyclic) bond motifs is 1. The molecule has 0 amide bonds. The predicted octanol–water partition coefficient (Wildman–Crippen LogP) is 6.57. The topological polar surface area (TPSA) is 25.4 Å². The number of aromatic nitrogens is 1. The van der Waals surface area contributed by atoms with Gasteiger partial charge in [0, 0.05) is 35.2 Å². The zero-order valence-electron chi connectivity index (χ0n) is 18.7. The van der Waals surface area contributed by atoms with E-state index in [1.807, 2.05) is 23.6 Å². The molecule has 2 fully saturated rings. The van der Waals surface area contributed by atoms with Gasteiger partial charge in [0.05, 0.1) is 5.60 Å². The number of ether oxygens (including phenoxy) is 1. The molecule has 3 heterocycles. The Morgan fingerprint density at radius 1 is 1.06 bits per heavy atom. The van der Waals surface area contributed by atoms with Crippen LogP contribution in [0.4, 0.5) is 0 Å². The first-order chi connectivity index (χ1) is 15.2. The van der Waals surface area contributed by atoms with Crippen molar-refractivity contribution in [3.63, 3.8) is 0 Å². The smallest absolute Gasteiger partial charge is 0.0691 e. The fraction of sp³-hybridized carbons (Fsp3) is 0.519. The molecule has 164 valence electrons. The van der Waals surface area contributed by atoms with Crippen molar-refractivity contribution in [1.29, 1.82) is 0 Å². The molecule has 2 aliphatic rings. The lowest BCUT2D eigenvalue weighted by Crippen LogP contribution is -2.47. The molecule has 1 spiro atoms. The quantitative estimate of drug-likeness (QED) is 0.420. The van der Waals surface area contributed by atoms with Crippen molar-refractivity contribution in [3.05, 3.63) is 65.3 Å². The van der Waals surface area contributed by atoms with Crippen molar-refractivity contribution < 1.29 is 4.74 Å². The van der Waals surface area contributed by atoms with E-state index in [0.717, 1.165) is 45.5 Å². The summed E-state index contributed by atoms with van der Waals surface area (Å²) < 4.78 is 7.82. The highest BCUT2D eigenvalue weighted by molar-refractivity contribution is 7.17. The summed E-state index contributed by atoms with van der Waals surface area (Å²) in [5.74, 6) is 0. The van der Waals surface area contributed by atoms with Crippen LogP contribution in [0.25, 0.3) is 10.1 Å². The van der Waals surface area contributed by atoms with Gasteiger partial charge in [-0.15, -0.1) is 11.3 Å². The maximum atomic E-state index is 6.43. The summed E-state index contributed by atoms with van der Waals surface area (Å²) in [5, 5.41) is 3.77. The van der Waals surface area contributed by atoms with Crippen LogP contribution in [0, 0.1) is 0 Å². The summed E-state index contributed by atoms with van der Waals surface area (Å²) in [4.78, 5) is 7.50. The first-order valence-electron chi connectivity index (χ1n) is 11.9. The molecule has 0 radical (unpaired) electrons. The maximum Gasteiger partial charge on any atom is 0.0691 e. The normalized spacial score (nSPS) is 23.2. The van der Waals surface area contributed by atoms with Gasteiger partial charge < -0.3 is 4.74 Å². The van der Waals surface area contributed by atoms with Crippen molar-refractivity contribution >= 4 is 21.4 Å². The highest BCUT2D eigenvalue weighted by Crippen LogP contribution is 2.49. The Bertz CT molecular complexity index is 995. The van der Waals surface area contributed by atoms with Crippen LogP contribution in [-0.4, -0.2) is 35.2 Å². The third-order valence-electron chi connectivity index (χ3n) is 7.68. The van der Waals surface area contributed by atoms with E-state index in [1.54, 1.807) is 0 Å². The molecular weight excluding hydrogens is 400 g/mol. The van der Waals surface area contributed by atoms with Crippen LogP contribution in [0.1, 0.15) is 63.1 Å². The van der Waals surface area contributed by atoms with Crippen molar-refractivity contribution in [2.24, 2.45) is 0 Å². The first-order valence-corrected chi connectivity index (χ1v) is 12.8. The number of pyridine rings is 1. The average Bonchev–Trinajstić information content (AvgIpc) is 3.44. The zero-order chi connectivity index (χ0) is 21.2. The minimum absolute atomic E-state index is 0.0936. The standard InChI is InChI=1S/C27H34N2OS/c1-2-29(19-22-20-31-24-10-4-3-9-23(22)24)17-14-26(25-11-5-8-16-28-25)15-18-30-27(21-26)12-6-7-13-27/h3-5,8-11,16,20H,2,6-7,12-15,17-19,21H2,1H3/t26-/m1/s1. The molecule has 1 saturated carbocycles. The summed E-state index contributed by atoms with van der Waals surface area (Å²) in [5.41, 5.74) is 2.97. The van der Waals surface area contributed by atoms with Gasteiger partial charge in [-0.3, -0.25) is 9.88 Å². The highest BCUT2D eigenvalue weighted by Gasteiger charge is 2.48. The van der Waals surface area contributed by atoms with Gasteiger partial charge in [0.25, 0.3) is 0 Å². The van der Waals surface area contributed by atoms with E-state index in [2.05, 4.69) is 53.6 Å². The van der Waals surface area contributed by atoms with Gasteiger partial charge in [0.2, 0.25) is 0 Å². The zero-order valence-corrected chi connectivity index (χ0v) is 19.5. The van der Waals surface area contributed by atoms with Gasteiger partial charge in [-0.25, -0.2) is 0 Å². The van der Waals surface area contributed by atoms with E-state index in [1.165, 1.54) is 47.0 Å². The lowest BCUT2D eigenvalue weighted by Gasteiger charge is -2.47. The molecule has 1 saturated heterocycles. The summed E-state index contributed by atoms with van der Waals surface area (Å²) in [6, 6.07) is 15.3. The number of thiophene rings is 1. The Balaban J connectivity index is 1.36. The minimum atomic E-state index is 0.0936. The molecule has 1 atom stereocenters. The molecule has 3 aromatic rings. The summed E-state index contributed by atoms with van der Waals surface area (Å²) in [7, 11) is 0. The summed E-state index contributed by atoms with van der Waals surface area (Å²) >= 11 is 1.87. The van der Waals surface area contributed by atoms with Crippen LogP contribution in [0.5, 0.6) is 0 Å². The molecule has 1 aliphatic heterocycles. The second-order valence-electron chi connectivity index (χ2n) is 9.54. The van der Waals surface area contributed by atoms with E-state index in [9.17, 15) is 0 Å². The second-order valence-corrected chi connectivity index (χ2v) is 10.4. The van der Waals surface area contributed by atoms with E-state index < -0.39 is 0 Å². The van der Waals surface area contributed by atoms with Gasteiger partial charge in [0.1, 0.15) is 0 Å². The van der Waals surface area contributed by atoms with E-state index in [0.29, 0.717) is 0 Å². The molecule has 31 heavy (non-hydrogen) atoms. The molecule has 0 unspecified atom stereocenters. The second kappa shape index (κ2) is 9.01. The fourth-order valence-corrected chi connectivity index (χ4v) is 6.87. The Hall–Kier alpha value is -1.75. The summed E-state index contributed by atoms with van der Waals surface area (Å²) in [6.07, 6.45) is 10.4. The summed E-state index contributed by atoms with van der Waals surface area (Å²) in [6.45, 7) is 6.38. The molecule has 1 aliphatic carbocycles. The van der Waals surface area contributed by atoms with Gasteiger partial charge >= 0.3 is 0 Å². The third kappa shape index (κ3) is 4.30. The lowest BCUT2D eigenvalue weighted by atomic mass is 9.68. The lowest BCUT2D eigenvalue weighted by molar-refractivity contribution is -0.105. The molecule has 0 N–H and O–H groups in total. The Morgan fingerprint density at radius 2 is 1.90 bits per heavy atom. The van der Waals surface area contributed by atoms with E-state index in [-0.39, 0.29) is 11.0 Å². The van der Waals surface area contributed by atoms with Crippen LogP contribution in [0.2, 0.25) is 0 Å². The SMILES string of the molecule is CCN(CC[C@@]1(c2ccccn2)CCOC2(CCCC2)C1)Cc1csc2ccccc12. The van der Waals surface area contributed by atoms with Crippen LogP contribution < -0.4 is 0 Å². The largest absolute Gasteiger partial charge is 0.375 e. The number of benzene rings is 1. The van der Waals surface area contributed by atoms with Crippen LogP contribution in [0.3, 0.4) is 0 Å². The fourth-order valence-electron chi connectivity index (χ4n) is 5.91. The Labute approximate surface area is 190 Å². The average molecular weight is 435 g/mol. The molecule has 4 heteroatoms. The van der Waals surface area contributed by atoms with Gasteiger partial charge in [-0.05, 0) is 79.7 Å². The monoisotopic (exact) mass is 434 g/mol. The van der Waals surface area contributed by atoms with Gasteiger partial charge in [-0.1, -0.05) is 44.0 Å². The van der Waals surface area contributed by atoms with Crippen molar-refractivity contribution in [3.8, 4) is 0 Å². The first kappa shape index (κ1) is 21.1. The van der Waals surface area contributed by atoms with Crippen LogP contribution >= 0.6 is 11.3 Å². The van der Waals surface area contributed by atoms with Gasteiger partial charge in [-0.2, -0.15) is 0 Å². The minimum Gasteiger partial charge on any atom is -0.375 e. The maximum absolute atomic E-state index is 6.43. The van der Waals surface area contributed by atoms with Crippen molar-refractivity contribution in [2.75, 3.05) is 19.7 Å². The number of nitrogens with zero attached hydrogens (tertiary/aromatic N) is 2. The number of hydrogen-bond donors (Lipinski definition) is 0. The van der Waals surface area contributed by atoms with E-state index in [4.69, 9.17) is 9.72 Å². The number of rotatable bonds is 7. The molecular formula is C27H34N2OS. The van der Waals surface area contributed by atoms with Crippen LogP contribution in [0.15, 0.2) is 54.0 Å². The molecule has 0 bridgehead atoms. The molecule has 5 rings (SSSR count). The van der Waals surface area contributed by atoms with Gasteiger partial charge in [0.15, 0.2) is 0 Å².